The van der Waals surface area contributed by atoms with E-state index in [0.717, 1.165) is 62.5 Å². The van der Waals surface area contributed by atoms with Gasteiger partial charge in [0, 0.05) is 35.8 Å². The van der Waals surface area contributed by atoms with E-state index in [1.54, 1.807) is 11.3 Å². The molecule has 1 aliphatic heterocycles. The number of fused-ring (bicyclic) bond motifs is 2. The van der Waals surface area contributed by atoms with Gasteiger partial charge in [-0.1, -0.05) is 6.07 Å². The second-order valence-electron chi connectivity index (χ2n) is 8.48. The Morgan fingerprint density at radius 3 is 2.77 bits per heavy atom. The topological polar surface area (TPSA) is 58.1 Å². The number of carbonyl (C=O) groups is 1. The van der Waals surface area contributed by atoms with Gasteiger partial charge in [0.05, 0.1) is 11.2 Å². The molecule has 2 aliphatic rings. The number of hydrogen-bond acceptors (Lipinski definition) is 5. The molecule has 0 bridgehead atoms. The Balaban J connectivity index is 1.21. The van der Waals surface area contributed by atoms with Gasteiger partial charge in [-0.25, -0.2) is 9.97 Å². The van der Waals surface area contributed by atoms with E-state index < -0.39 is 0 Å². The fourth-order valence-corrected chi connectivity index (χ4v) is 5.44. The number of nitrogens with one attached hydrogen (secondary N) is 1. The van der Waals surface area contributed by atoms with Crippen LogP contribution in [-0.4, -0.2) is 35.5 Å². The summed E-state index contributed by atoms with van der Waals surface area (Å²) in [6, 6.07) is 8.74. The predicted molar refractivity (Wildman–Crippen MR) is 122 cm³/mol. The average molecular weight is 421 g/mol. The molecule has 0 spiro atoms. The van der Waals surface area contributed by atoms with E-state index in [1.807, 2.05) is 0 Å². The first-order valence-corrected chi connectivity index (χ1v) is 11.9. The third-order valence-electron chi connectivity index (χ3n) is 6.49. The highest BCUT2D eigenvalue weighted by molar-refractivity contribution is 7.09. The van der Waals surface area contributed by atoms with E-state index in [-0.39, 0.29) is 11.8 Å². The molecule has 5 rings (SSSR count). The van der Waals surface area contributed by atoms with E-state index in [1.165, 1.54) is 34.2 Å². The number of thiophene rings is 1. The standard InChI is InChI=1S/C24H28N4OS/c1-16-21-14-18-4-2-5-19(18)15-22(21)27-24(26-16)28-11-8-17(9-12-28)23(29)25-10-7-20-6-3-13-30-20/h3,6,13-15,17H,2,4-5,7-12H2,1H3,(H,25,29). The number of benzene rings is 1. The lowest BCUT2D eigenvalue weighted by molar-refractivity contribution is -0.125. The van der Waals surface area contributed by atoms with Crippen LogP contribution in [-0.2, 0) is 24.1 Å². The van der Waals surface area contributed by atoms with Gasteiger partial charge in [-0.2, -0.15) is 0 Å². The zero-order valence-corrected chi connectivity index (χ0v) is 18.3. The van der Waals surface area contributed by atoms with Crippen molar-refractivity contribution in [2.75, 3.05) is 24.5 Å². The quantitative estimate of drug-likeness (QED) is 0.676. The first kappa shape index (κ1) is 19.5. The molecule has 1 saturated heterocycles. The Morgan fingerprint density at radius 1 is 1.20 bits per heavy atom. The maximum atomic E-state index is 12.5. The van der Waals surface area contributed by atoms with Gasteiger partial charge in [0.2, 0.25) is 11.9 Å². The van der Waals surface area contributed by atoms with E-state index in [0.29, 0.717) is 0 Å². The molecule has 0 saturated carbocycles. The Hall–Kier alpha value is -2.47. The minimum atomic E-state index is 0.0920. The number of aryl methyl sites for hydroxylation is 3. The predicted octanol–water partition coefficient (Wildman–Crippen LogP) is 4.06. The van der Waals surface area contributed by atoms with Gasteiger partial charge < -0.3 is 10.2 Å². The van der Waals surface area contributed by atoms with E-state index in [4.69, 9.17) is 9.97 Å². The molecule has 6 heteroatoms. The highest BCUT2D eigenvalue weighted by atomic mass is 32.1. The Kier molecular flexibility index (Phi) is 5.42. The van der Waals surface area contributed by atoms with Gasteiger partial charge in [0.15, 0.2) is 0 Å². The molecule has 3 heterocycles. The third kappa shape index (κ3) is 3.93. The van der Waals surface area contributed by atoms with Crippen LogP contribution in [0.1, 0.15) is 41.0 Å². The zero-order chi connectivity index (χ0) is 20.5. The highest BCUT2D eigenvalue weighted by Crippen LogP contribution is 2.29. The van der Waals surface area contributed by atoms with Crippen LogP contribution in [0.2, 0.25) is 0 Å². The second-order valence-corrected chi connectivity index (χ2v) is 9.51. The lowest BCUT2D eigenvalue weighted by Gasteiger charge is -2.31. The Labute approximate surface area is 181 Å². The van der Waals surface area contributed by atoms with Gasteiger partial charge in [0.25, 0.3) is 0 Å². The van der Waals surface area contributed by atoms with Crippen LogP contribution >= 0.6 is 11.3 Å². The van der Waals surface area contributed by atoms with Crippen molar-refractivity contribution in [2.24, 2.45) is 5.92 Å². The first-order valence-electron chi connectivity index (χ1n) is 11.0. The SMILES string of the molecule is Cc1nc(N2CCC(C(=O)NCCc3cccs3)CC2)nc2cc3c(cc12)CCC3. The molecule has 0 unspecified atom stereocenters. The van der Waals surface area contributed by atoms with Crippen LogP contribution in [0.4, 0.5) is 5.95 Å². The number of anilines is 1. The number of piperidine rings is 1. The van der Waals surface area contributed by atoms with Crippen molar-refractivity contribution < 1.29 is 4.79 Å². The van der Waals surface area contributed by atoms with Crippen molar-refractivity contribution in [3.05, 3.63) is 51.3 Å². The first-order chi connectivity index (χ1) is 14.7. The molecule has 156 valence electrons. The molecular weight excluding hydrogens is 392 g/mol. The molecule has 1 fully saturated rings. The van der Waals surface area contributed by atoms with Crippen LogP contribution in [0.15, 0.2) is 29.6 Å². The monoisotopic (exact) mass is 420 g/mol. The molecule has 2 aromatic heterocycles. The van der Waals surface area contributed by atoms with Crippen molar-refractivity contribution in [1.82, 2.24) is 15.3 Å². The van der Waals surface area contributed by atoms with Crippen LogP contribution in [0.5, 0.6) is 0 Å². The minimum absolute atomic E-state index is 0.0920. The fraction of sp³-hybridized carbons (Fsp3) is 0.458. The molecule has 1 N–H and O–H groups in total. The van der Waals surface area contributed by atoms with Gasteiger partial charge >= 0.3 is 0 Å². The average Bonchev–Trinajstić information content (AvgIpc) is 3.44. The van der Waals surface area contributed by atoms with Gasteiger partial charge in [0.1, 0.15) is 0 Å². The molecule has 1 aliphatic carbocycles. The van der Waals surface area contributed by atoms with E-state index in [2.05, 4.69) is 46.8 Å². The summed E-state index contributed by atoms with van der Waals surface area (Å²) in [4.78, 5) is 25.8. The lowest BCUT2D eigenvalue weighted by Crippen LogP contribution is -2.41. The van der Waals surface area contributed by atoms with Crippen molar-refractivity contribution in [3.8, 4) is 0 Å². The summed E-state index contributed by atoms with van der Waals surface area (Å²) >= 11 is 1.74. The maximum absolute atomic E-state index is 12.5. The van der Waals surface area contributed by atoms with Crippen LogP contribution in [0.25, 0.3) is 10.9 Å². The summed E-state index contributed by atoms with van der Waals surface area (Å²) in [5.41, 5.74) is 5.03. The normalized spacial score (nSPS) is 16.8. The summed E-state index contributed by atoms with van der Waals surface area (Å²) in [7, 11) is 0. The number of nitrogens with zero attached hydrogens (tertiary/aromatic N) is 3. The van der Waals surface area contributed by atoms with Crippen LogP contribution < -0.4 is 10.2 Å². The van der Waals surface area contributed by atoms with Crippen LogP contribution in [0.3, 0.4) is 0 Å². The van der Waals surface area contributed by atoms with Gasteiger partial charge in [-0.05, 0) is 80.2 Å². The third-order valence-corrected chi connectivity index (χ3v) is 7.42. The second kappa shape index (κ2) is 8.34. The van der Waals surface area contributed by atoms with Gasteiger partial charge in [-0.3, -0.25) is 4.79 Å². The summed E-state index contributed by atoms with van der Waals surface area (Å²) in [6.45, 7) is 4.47. The zero-order valence-electron chi connectivity index (χ0n) is 17.5. The number of carbonyl (C=O) groups excluding carboxylic acids is 1. The summed E-state index contributed by atoms with van der Waals surface area (Å²) in [5.74, 6) is 1.10. The molecular formula is C24H28N4OS. The number of hydrogen-bond donors (Lipinski definition) is 1. The minimum Gasteiger partial charge on any atom is -0.355 e. The lowest BCUT2D eigenvalue weighted by atomic mass is 9.96. The van der Waals surface area contributed by atoms with Crippen molar-refractivity contribution >= 4 is 34.1 Å². The molecule has 0 atom stereocenters. The Bertz CT molecular complexity index is 1050. The van der Waals surface area contributed by atoms with E-state index >= 15 is 0 Å². The summed E-state index contributed by atoms with van der Waals surface area (Å²) in [6.07, 6.45) is 6.21. The Morgan fingerprint density at radius 2 is 2.00 bits per heavy atom. The van der Waals surface area contributed by atoms with Crippen molar-refractivity contribution in [2.45, 2.75) is 45.4 Å². The smallest absolute Gasteiger partial charge is 0.226 e. The molecule has 1 amide bonds. The van der Waals surface area contributed by atoms with Crippen LogP contribution in [0, 0.1) is 12.8 Å². The molecule has 0 radical (unpaired) electrons. The number of rotatable bonds is 5. The summed E-state index contributed by atoms with van der Waals surface area (Å²) < 4.78 is 0. The molecule has 1 aromatic carbocycles. The molecule has 3 aromatic rings. The fourth-order valence-electron chi connectivity index (χ4n) is 4.73. The molecule has 5 nitrogen and oxygen atoms in total. The van der Waals surface area contributed by atoms with E-state index in [9.17, 15) is 4.79 Å². The van der Waals surface area contributed by atoms with Crippen molar-refractivity contribution in [1.29, 1.82) is 0 Å². The largest absolute Gasteiger partial charge is 0.355 e. The summed E-state index contributed by atoms with van der Waals surface area (Å²) in [5, 5.41) is 6.38. The molecule has 30 heavy (non-hydrogen) atoms. The maximum Gasteiger partial charge on any atom is 0.226 e. The number of aromatic nitrogens is 2. The van der Waals surface area contributed by atoms with Crippen molar-refractivity contribution in [3.63, 3.8) is 0 Å². The van der Waals surface area contributed by atoms with Gasteiger partial charge in [-0.15, -0.1) is 11.3 Å². The number of amides is 1. The highest BCUT2D eigenvalue weighted by Gasteiger charge is 2.26.